The van der Waals surface area contributed by atoms with Crippen LogP contribution >= 0.6 is 21.6 Å². The van der Waals surface area contributed by atoms with Crippen molar-refractivity contribution in [1.82, 2.24) is 10.6 Å². The topological polar surface area (TPSA) is 226 Å². The molecule has 1 aromatic carbocycles. The Labute approximate surface area is 295 Å². The molecular weight excluding hydrogens is 677 g/mol. The first-order valence-corrected chi connectivity index (χ1v) is 18.8. The van der Waals surface area contributed by atoms with Crippen molar-refractivity contribution in [2.45, 2.75) is 51.0 Å². The average Bonchev–Trinajstić information content (AvgIpc) is 3.06. The van der Waals surface area contributed by atoms with Gasteiger partial charge < -0.3 is 41.4 Å². The maximum atomic E-state index is 13.6. The Balaban J connectivity index is 1.85. The van der Waals surface area contributed by atoms with Crippen molar-refractivity contribution in [3.63, 3.8) is 0 Å². The number of Topliss-reactive ketones (excluding diaryl/α,β-unsaturated/α-hetero) is 3. The number of unbranched alkanes of at least 4 members (excludes halogenated alkanes) is 1. The van der Waals surface area contributed by atoms with Crippen LogP contribution in [0.1, 0.15) is 44.1 Å². The van der Waals surface area contributed by atoms with Crippen LogP contribution < -0.4 is 22.1 Å². The van der Waals surface area contributed by atoms with Crippen LogP contribution in [0.4, 0.5) is 0 Å². The monoisotopic (exact) mass is 726 g/mol. The summed E-state index contributed by atoms with van der Waals surface area (Å²) in [4.78, 5) is 75.3. The third kappa shape index (κ3) is 18.0. The van der Waals surface area contributed by atoms with E-state index < -0.39 is 29.7 Å². The Morgan fingerprint density at radius 2 is 1.57 bits per heavy atom. The zero-order valence-corrected chi connectivity index (χ0v) is 29.7. The number of hydrogen-bond donors (Lipinski definition) is 5. The standard InChI is InChI=1S/C33H50N4O10S2/c1-45-18-31(42)37-10-11-46-12-13-47-19-32(43)36-9-3-2-4-23(15-29(40)25-17-30(41)27(34)21-49-48-20-25)28(39)16-24(33(35)44)14-22-5-7-26(38)8-6-22/h5-8,23-25,27,38H,2-4,9-21,34H2,1H3,(H2,35,44)(H,36,43)(H,37,42)/t23-,24-,25+,27+/m1/s1. The van der Waals surface area contributed by atoms with Crippen LogP contribution in [-0.2, 0) is 49.4 Å². The summed E-state index contributed by atoms with van der Waals surface area (Å²) in [5, 5.41) is 15.0. The lowest BCUT2D eigenvalue weighted by Gasteiger charge is -2.23. The zero-order valence-electron chi connectivity index (χ0n) is 28.0. The minimum absolute atomic E-state index is 0.0186. The predicted octanol–water partition coefficient (Wildman–Crippen LogP) is 0.951. The van der Waals surface area contributed by atoms with Gasteiger partial charge in [-0.1, -0.05) is 40.1 Å². The number of benzene rings is 1. The highest BCUT2D eigenvalue weighted by molar-refractivity contribution is 8.76. The molecule has 1 aliphatic rings. The summed E-state index contributed by atoms with van der Waals surface area (Å²) in [6.07, 6.45) is 1.45. The quantitative estimate of drug-likeness (QED) is 0.0740. The third-order valence-corrected chi connectivity index (χ3v) is 10.4. The number of nitrogens with one attached hydrogen (secondary N) is 2. The second-order valence-corrected chi connectivity index (χ2v) is 14.4. The molecule has 4 atom stereocenters. The number of ketones is 3. The van der Waals surface area contributed by atoms with E-state index in [1.54, 1.807) is 12.1 Å². The number of aromatic hydroxyl groups is 1. The number of ether oxygens (including phenoxy) is 3. The van der Waals surface area contributed by atoms with E-state index >= 15 is 0 Å². The van der Waals surface area contributed by atoms with E-state index in [0.717, 1.165) is 5.56 Å². The highest BCUT2D eigenvalue weighted by atomic mass is 33.1. The number of carbonyl (C=O) groups is 6. The highest BCUT2D eigenvalue weighted by Gasteiger charge is 2.32. The van der Waals surface area contributed by atoms with Gasteiger partial charge >= 0.3 is 0 Å². The van der Waals surface area contributed by atoms with Crippen molar-refractivity contribution in [2.24, 2.45) is 29.2 Å². The van der Waals surface area contributed by atoms with Gasteiger partial charge in [0.1, 0.15) is 30.5 Å². The van der Waals surface area contributed by atoms with Gasteiger partial charge in [-0.3, -0.25) is 28.8 Å². The third-order valence-electron chi connectivity index (χ3n) is 7.84. The Hall–Kier alpha value is -3.02. The van der Waals surface area contributed by atoms with E-state index in [4.69, 9.17) is 25.7 Å². The molecule has 0 saturated carbocycles. The number of phenols is 1. The fraction of sp³-hybridized carbons (Fsp3) is 0.636. The van der Waals surface area contributed by atoms with Crippen LogP contribution in [0.25, 0.3) is 0 Å². The van der Waals surface area contributed by atoms with Crippen molar-refractivity contribution in [3.05, 3.63) is 29.8 Å². The second kappa shape index (κ2) is 24.2. The molecule has 2 rings (SSSR count). The lowest BCUT2D eigenvalue weighted by atomic mass is 9.82. The van der Waals surface area contributed by atoms with Gasteiger partial charge in [-0.2, -0.15) is 0 Å². The highest BCUT2D eigenvalue weighted by Crippen LogP contribution is 2.31. The molecule has 16 heteroatoms. The summed E-state index contributed by atoms with van der Waals surface area (Å²) in [6, 6.07) is 5.66. The van der Waals surface area contributed by atoms with Crippen LogP contribution in [0, 0.1) is 17.8 Å². The van der Waals surface area contributed by atoms with E-state index in [-0.39, 0.29) is 87.0 Å². The van der Waals surface area contributed by atoms with Crippen molar-refractivity contribution in [1.29, 1.82) is 0 Å². The molecule has 0 unspecified atom stereocenters. The summed E-state index contributed by atoms with van der Waals surface area (Å²) in [5.74, 6) is -2.84. The predicted molar refractivity (Wildman–Crippen MR) is 187 cm³/mol. The normalized spacial score (nSPS) is 17.7. The molecule has 0 spiro atoms. The van der Waals surface area contributed by atoms with E-state index in [1.165, 1.54) is 40.8 Å². The SMILES string of the molecule is COCC(=O)NCCOCCOCC(=O)NCCCC[C@H](CC(=O)[C@@H]1CSSC[C@H](N)C(=O)C1)C(=O)C[C@@H](Cc1ccc(O)cc1)C(N)=O. The number of primary amides is 1. The summed E-state index contributed by atoms with van der Waals surface area (Å²) >= 11 is 0. The molecule has 49 heavy (non-hydrogen) atoms. The molecule has 1 heterocycles. The number of hydrogen-bond acceptors (Lipinski definition) is 13. The van der Waals surface area contributed by atoms with E-state index in [9.17, 15) is 33.9 Å². The molecule has 3 amide bonds. The molecule has 1 saturated heterocycles. The van der Waals surface area contributed by atoms with Gasteiger partial charge in [-0.15, -0.1) is 0 Å². The molecule has 0 radical (unpaired) electrons. The Kier molecular flexibility index (Phi) is 20.8. The molecule has 0 aromatic heterocycles. The van der Waals surface area contributed by atoms with Crippen molar-refractivity contribution >= 4 is 56.7 Å². The maximum Gasteiger partial charge on any atom is 0.246 e. The van der Waals surface area contributed by atoms with Gasteiger partial charge in [0.2, 0.25) is 17.7 Å². The number of carbonyl (C=O) groups excluding carboxylic acids is 6. The fourth-order valence-electron chi connectivity index (χ4n) is 5.01. The van der Waals surface area contributed by atoms with Crippen molar-refractivity contribution in [2.75, 3.05) is 64.7 Å². The van der Waals surface area contributed by atoms with Gasteiger partial charge in [-0.25, -0.2) is 0 Å². The largest absolute Gasteiger partial charge is 0.508 e. The van der Waals surface area contributed by atoms with Gasteiger partial charge in [0.15, 0.2) is 5.78 Å². The number of rotatable bonds is 24. The molecule has 0 aliphatic carbocycles. The lowest BCUT2D eigenvalue weighted by Crippen LogP contribution is -2.37. The van der Waals surface area contributed by atoms with Gasteiger partial charge in [-0.05, 0) is 37.0 Å². The van der Waals surface area contributed by atoms with Crippen molar-refractivity contribution in [3.8, 4) is 5.75 Å². The minimum Gasteiger partial charge on any atom is -0.508 e. The number of phenolic OH excluding ortho intramolecular Hbond substituents is 1. The smallest absolute Gasteiger partial charge is 0.246 e. The fourth-order valence-corrected chi connectivity index (χ4v) is 7.52. The first-order valence-electron chi connectivity index (χ1n) is 16.3. The Bertz CT molecular complexity index is 1220. The van der Waals surface area contributed by atoms with Crippen LogP contribution in [0.2, 0.25) is 0 Å². The summed E-state index contributed by atoms with van der Waals surface area (Å²) in [7, 11) is 4.37. The van der Waals surface area contributed by atoms with Gasteiger partial charge in [0, 0.05) is 68.7 Å². The first kappa shape index (κ1) is 42.1. The van der Waals surface area contributed by atoms with Gasteiger partial charge in [0.05, 0.1) is 25.9 Å². The van der Waals surface area contributed by atoms with E-state index in [2.05, 4.69) is 10.6 Å². The van der Waals surface area contributed by atoms with Crippen LogP contribution in [-0.4, -0.2) is 111 Å². The maximum absolute atomic E-state index is 13.6. The molecule has 1 aliphatic heterocycles. The van der Waals surface area contributed by atoms with Crippen LogP contribution in [0.3, 0.4) is 0 Å². The second-order valence-electron chi connectivity index (χ2n) is 11.8. The van der Waals surface area contributed by atoms with Crippen LogP contribution in [0.5, 0.6) is 5.75 Å². The first-order chi connectivity index (χ1) is 23.5. The summed E-state index contributed by atoms with van der Waals surface area (Å²) in [5.41, 5.74) is 12.3. The minimum atomic E-state index is -0.797. The average molecular weight is 727 g/mol. The summed E-state index contributed by atoms with van der Waals surface area (Å²) < 4.78 is 15.4. The zero-order chi connectivity index (χ0) is 36.0. The van der Waals surface area contributed by atoms with Gasteiger partial charge in [0.25, 0.3) is 0 Å². The molecule has 274 valence electrons. The molecule has 14 nitrogen and oxygen atoms in total. The van der Waals surface area contributed by atoms with Crippen LogP contribution in [0.15, 0.2) is 24.3 Å². The Morgan fingerprint density at radius 3 is 2.29 bits per heavy atom. The molecule has 7 N–H and O–H groups in total. The Morgan fingerprint density at radius 1 is 0.898 bits per heavy atom. The molecule has 0 bridgehead atoms. The molecule has 1 fully saturated rings. The number of nitrogens with two attached hydrogens (primary N) is 2. The number of methoxy groups -OCH3 is 1. The number of amides is 3. The molecular formula is C33H50N4O10S2. The summed E-state index contributed by atoms with van der Waals surface area (Å²) in [6.45, 7) is 1.25. The lowest BCUT2D eigenvalue weighted by molar-refractivity contribution is -0.133. The molecule has 1 aromatic rings. The van der Waals surface area contributed by atoms with Crippen molar-refractivity contribution < 1.29 is 48.1 Å². The van der Waals surface area contributed by atoms with E-state index in [1.807, 2.05) is 0 Å². The van der Waals surface area contributed by atoms with E-state index in [0.29, 0.717) is 50.5 Å².